The SMILES string of the molecule is Cc1ccc(NC(=O)c2ccc3c(c2)CCCC3)cc1C#Cc1cnc(N)c(C)n1. The number of nitrogens with two attached hydrogens (primary N) is 1. The van der Waals surface area contributed by atoms with E-state index in [-0.39, 0.29) is 5.91 Å². The molecular weight excluding hydrogens is 372 g/mol. The number of carbonyl (C=O) groups excluding carboxylic acids is 1. The molecule has 5 heteroatoms. The molecule has 30 heavy (non-hydrogen) atoms. The summed E-state index contributed by atoms with van der Waals surface area (Å²) in [4.78, 5) is 21.2. The first-order valence-corrected chi connectivity index (χ1v) is 10.1. The second-order valence-electron chi connectivity index (χ2n) is 7.65. The van der Waals surface area contributed by atoms with Crippen LogP contribution in [0.5, 0.6) is 0 Å². The molecule has 0 atom stereocenters. The summed E-state index contributed by atoms with van der Waals surface area (Å²) in [6, 6.07) is 11.8. The molecule has 1 aromatic heterocycles. The monoisotopic (exact) mass is 396 g/mol. The molecule has 4 rings (SSSR count). The summed E-state index contributed by atoms with van der Waals surface area (Å²) < 4.78 is 0. The predicted octanol–water partition coefficient (Wildman–Crippen LogP) is 4.21. The number of benzene rings is 2. The Morgan fingerprint density at radius 2 is 1.83 bits per heavy atom. The van der Waals surface area contributed by atoms with E-state index in [9.17, 15) is 4.79 Å². The quantitative estimate of drug-likeness (QED) is 0.636. The topological polar surface area (TPSA) is 80.9 Å². The molecule has 0 spiro atoms. The van der Waals surface area contributed by atoms with Gasteiger partial charge in [0.1, 0.15) is 11.5 Å². The average Bonchev–Trinajstić information content (AvgIpc) is 2.76. The summed E-state index contributed by atoms with van der Waals surface area (Å²) in [6.45, 7) is 3.79. The zero-order chi connectivity index (χ0) is 21.1. The molecule has 0 unspecified atom stereocenters. The van der Waals surface area contributed by atoms with E-state index in [0.29, 0.717) is 28.5 Å². The normalized spacial score (nSPS) is 12.5. The molecule has 0 fully saturated rings. The van der Waals surface area contributed by atoms with Gasteiger partial charge in [-0.3, -0.25) is 4.79 Å². The van der Waals surface area contributed by atoms with Crippen molar-refractivity contribution >= 4 is 17.4 Å². The summed E-state index contributed by atoms with van der Waals surface area (Å²) in [7, 11) is 0. The van der Waals surface area contributed by atoms with Crippen LogP contribution in [-0.4, -0.2) is 15.9 Å². The van der Waals surface area contributed by atoms with Gasteiger partial charge < -0.3 is 11.1 Å². The van der Waals surface area contributed by atoms with Gasteiger partial charge in [0.2, 0.25) is 0 Å². The van der Waals surface area contributed by atoms with Gasteiger partial charge in [-0.1, -0.05) is 18.1 Å². The number of fused-ring (bicyclic) bond motifs is 1. The Hall–Kier alpha value is -3.65. The Morgan fingerprint density at radius 3 is 2.63 bits per heavy atom. The minimum Gasteiger partial charge on any atom is -0.382 e. The number of hydrogen-bond acceptors (Lipinski definition) is 4. The Morgan fingerprint density at radius 1 is 1.03 bits per heavy atom. The van der Waals surface area contributed by atoms with Crippen LogP contribution in [0.25, 0.3) is 0 Å². The highest BCUT2D eigenvalue weighted by atomic mass is 16.1. The fourth-order valence-electron chi connectivity index (χ4n) is 3.59. The third-order valence-electron chi connectivity index (χ3n) is 5.42. The van der Waals surface area contributed by atoms with E-state index < -0.39 is 0 Å². The predicted molar refractivity (Wildman–Crippen MR) is 119 cm³/mol. The Bertz CT molecular complexity index is 1190. The summed E-state index contributed by atoms with van der Waals surface area (Å²) in [5.41, 5.74) is 12.8. The van der Waals surface area contributed by atoms with Crippen molar-refractivity contribution in [1.29, 1.82) is 0 Å². The van der Waals surface area contributed by atoms with Crippen LogP contribution >= 0.6 is 0 Å². The molecule has 5 nitrogen and oxygen atoms in total. The summed E-state index contributed by atoms with van der Waals surface area (Å²) >= 11 is 0. The molecular formula is C25H24N4O. The first-order chi connectivity index (χ1) is 14.5. The number of nitrogens with one attached hydrogen (secondary N) is 1. The number of nitrogen functional groups attached to an aromatic ring is 1. The third-order valence-corrected chi connectivity index (χ3v) is 5.42. The van der Waals surface area contributed by atoms with Crippen LogP contribution in [0.15, 0.2) is 42.6 Å². The van der Waals surface area contributed by atoms with Crippen LogP contribution in [0.4, 0.5) is 11.5 Å². The highest BCUT2D eigenvalue weighted by Gasteiger charge is 2.13. The number of amides is 1. The van der Waals surface area contributed by atoms with Gasteiger partial charge in [-0.2, -0.15) is 0 Å². The fraction of sp³-hybridized carbons (Fsp3) is 0.240. The molecule has 3 aromatic rings. The number of nitrogens with zero attached hydrogens (tertiary/aromatic N) is 2. The van der Waals surface area contributed by atoms with Crippen LogP contribution < -0.4 is 11.1 Å². The van der Waals surface area contributed by atoms with Crippen LogP contribution in [0.3, 0.4) is 0 Å². The minimum absolute atomic E-state index is 0.105. The van der Waals surface area contributed by atoms with Crippen LogP contribution in [0.2, 0.25) is 0 Å². The van der Waals surface area contributed by atoms with E-state index in [2.05, 4.69) is 33.2 Å². The molecule has 0 saturated carbocycles. The number of rotatable bonds is 2. The van der Waals surface area contributed by atoms with Gasteiger partial charge in [-0.25, -0.2) is 9.97 Å². The minimum atomic E-state index is -0.105. The van der Waals surface area contributed by atoms with Crippen molar-refractivity contribution in [2.24, 2.45) is 0 Å². The van der Waals surface area contributed by atoms with Crippen molar-refractivity contribution in [3.63, 3.8) is 0 Å². The number of carbonyl (C=O) groups is 1. The summed E-state index contributed by atoms with van der Waals surface area (Å²) in [5, 5.41) is 3.00. The van der Waals surface area contributed by atoms with Gasteiger partial charge in [-0.05, 0) is 86.4 Å². The molecule has 0 bridgehead atoms. The molecule has 1 heterocycles. The second-order valence-corrected chi connectivity index (χ2v) is 7.65. The molecule has 1 aliphatic carbocycles. The number of hydrogen-bond donors (Lipinski definition) is 2. The highest BCUT2D eigenvalue weighted by Crippen LogP contribution is 2.23. The molecule has 0 saturated heterocycles. The Balaban J connectivity index is 1.54. The van der Waals surface area contributed by atoms with Crippen LogP contribution in [-0.2, 0) is 12.8 Å². The molecule has 1 amide bonds. The zero-order valence-corrected chi connectivity index (χ0v) is 17.2. The largest absolute Gasteiger partial charge is 0.382 e. The van der Waals surface area contributed by atoms with Gasteiger partial charge in [0.05, 0.1) is 11.9 Å². The van der Waals surface area contributed by atoms with Crippen molar-refractivity contribution in [2.45, 2.75) is 39.5 Å². The average molecular weight is 396 g/mol. The molecule has 1 aliphatic rings. The lowest BCUT2D eigenvalue weighted by molar-refractivity contribution is 0.102. The molecule has 0 aliphatic heterocycles. The Kier molecular flexibility index (Phi) is 5.49. The van der Waals surface area contributed by atoms with Crippen LogP contribution in [0.1, 0.15) is 56.8 Å². The van der Waals surface area contributed by atoms with E-state index in [1.807, 2.05) is 37.3 Å². The Labute approximate surface area is 176 Å². The summed E-state index contributed by atoms with van der Waals surface area (Å²) in [6.07, 6.45) is 6.14. The lowest BCUT2D eigenvalue weighted by Gasteiger charge is -2.16. The maximum absolute atomic E-state index is 12.8. The number of aromatic nitrogens is 2. The van der Waals surface area contributed by atoms with Crippen molar-refractivity contribution in [2.75, 3.05) is 11.1 Å². The van der Waals surface area contributed by atoms with Gasteiger partial charge in [-0.15, -0.1) is 0 Å². The maximum Gasteiger partial charge on any atom is 0.255 e. The zero-order valence-electron chi connectivity index (χ0n) is 17.2. The standard InChI is InChI=1S/C25H24N4O/c1-16-7-11-22(14-19(16)10-12-23-15-27-24(26)17(2)28-23)29-25(30)21-9-8-18-5-3-4-6-20(18)13-21/h7-9,11,13-15H,3-6H2,1-2H3,(H2,26,27)(H,29,30). The summed E-state index contributed by atoms with van der Waals surface area (Å²) in [5.74, 6) is 6.45. The van der Waals surface area contributed by atoms with Gasteiger partial charge >= 0.3 is 0 Å². The van der Waals surface area contributed by atoms with E-state index in [4.69, 9.17) is 5.73 Å². The number of aryl methyl sites for hydroxylation is 4. The lowest BCUT2D eigenvalue weighted by Crippen LogP contribution is -2.13. The molecule has 0 radical (unpaired) electrons. The first-order valence-electron chi connectivity index (χ1n) is 10.1. The van der Waals surface area contributed by atoms with E-state index in [0.717, 1.165) is 24.0 Å². The van der Waals surface area contributed by atoms with E-state index in [1.165, 1.54) is 24.0 Å². The van der Waals surface area contributed by atoms with Gasteiger partial charge in [0.15, 0.2) is 0 Å². The third kappa shape index (κ3) is 4.33. The second kappa shape index (κ2) is 8.38. The van der Waals surface area contributed by atoms with Crippen molar-refractivity contribution < 1.29 is 4.79 Å². The van der Waals surface area contributed by atoms with Crippen molar-refractivity contribution in [1.82, 2.24) is 9.97 Å². The van der Waals surface area contributed by atoms with Gasteiger partial charge in [0.25, 0.3) is 5.91 Å². The fourth-order valence-corrected chi connectivity index (χ4v) is 3.59. The van der Waals surface area contributed by atoms with E-state index >= 15 is 0 Å². The van der Waals surface area contributed by atoms with Gasteiger partial charge in [0, 0.05) is 16.8 Å². The molecule has 2 aromatic carbocycles. The van der Waals surface area contributed by atoms with Crippen LogP contribution in [0, 0.1) is 25.7 Å². The molecule has 3 N–H and O–H groups in total. The van der Waals surface area contributed by atoms with E-state index in [1.54, 1.807) is 13.1 Å². The first kappa shape index (κ1) is 19.7. The smallest absolute Gasteiger partial charge is 0.255 e. The molecule has 150 valence electrons. The van der Waals surface area contributed by atoms with Crippen molar-refractivity contribution in [3.8, 4) is 11.8 Å². The highest BCUT2D eigenvalue weighted by molar-refractivity contribution is 6.04. The lowest BCUT2D eigenvalue weighted by atomic mass is 9.90. The maximum atomic E-state index is 12.8. The van der Waals surface area contributed by atoms with Crippen molar-refractivity contribution in [3.05, 3.63) is 81.8 Å². The number of anilines is 2.